The first-order chi connectivity index (χ1) is 15.7. The Hall–Kier alpha value is -2.96. The average molecular weight is 499 g/mol. The van der Waals surface area contributed by atoms with E-state index in [9.17, 15) is 31.1 Å². The van der Waals surface area contributed by atoms with E-state index in [2.05, 4.69) is 15.0 Å². The number of halogens is 4. The Morgan fingerprint density at radius 1 is 1.24 bits per heavy atom. The van der Waals surface area contributed by atoms with Crippen molar-refractivity contribution in [2.75, 3.05) is 17.8 Å². The van der Waals surface area contributed by atoms with Gasteiger partial charge in [0.1, 0.15) is 11.6 Å². The van der Waals surface area contributed by atoms with E-state index in [0.29, 0.717) is 24.7 Å². The summed E-state index contributed by atoms with van der Waals surface area (Å²) in [5, 5.41) is 12.5. The number of allylic oxidation sites excluding steroid dienone is 2. The monoisotopic (exact) mass is 498 g/mol. The largest absolute Gasteiger partial charge is 0.418 e. The van der Waals surface area contributed by atoms with E-state index in [0.717, 1.165) is 18.2 Å². The van der Waals surface area contributed by atoms with Crippen molar-refractivity contribution < 1.29 is 31.1 Å². The summed E-state index contributed by atoms with van der Waals surface area (Å²) in [4.78, 5) is 5.72. The predicted molar refractivity (Wildman–Crippen MR) is 118 cm³/mol. The van der Waals surface area contributed by atoms with Gasteiger partial charge in [0.15, 0.2) is 5.03 Å². The number of hydrogen-bond donors (Lipinski definition) is 3. The number of aromatic nitrogens is 1. The molecular formula is C22H22F4N4O3S. The van der Waals surface area contributed by atoms with E-state index in [1.165, 1.54) is 25.1 Å². The number of aliphatic hydroxyl groups is 1. The molecule has 0 bridgehead atoms. The number of aryl methyl sites for hydroxylation is 1. The molecule has 2 aromatic rings. The number of sulfonamides is 1. The summed E-state index contributed by atoms with van der Waals surface area (Å²) in [5.41, 5.74) is -2.32. The zero-order chi connectivity index (χ0) is 24.9. The van der Waals surface area contributed by atoms with Crippen molar-refractivity contribution in [2.24, 2.45) is 0 Å². The number of anilines is 1. The van der Waals surface area contributed by atoms with Gasteiger partial charge < -0.3 is 10.4 Å². The molecule has 12 heteroatoms. The molecule has 3 heterocycles. The SMILES string of the molecule is Cc1ccc(F)cc1-c1nc(NS(=O)(=O)C2=CC=CC(N3CC(C)(O)C3)N2)ccc1C(F)(F)F. The lowest BCUT2D eigenvalue weighted by atomic mass is 9.96. The van der Waals surface area contributed by atoms with Crippen molar-refractivity contribution in [3.63, 3.8) is 0 Å². The number of likely N-dealkylation sites (tertiary alicyclic amines) is 1. The maximum atomic E-state index is 13.8. The number of β-amino-alcohol motifs (C(OH)–C–C–N with tert-alkyl or cyclic N) is 1. The van der Waals surface area contributed by atoms with Crippen molar-refractivity contribution in [3.05, 3.63) is 70.5 Å². The fourth-order valence-electron chi connectivity index (χ4n) is 3.89. The van der Waals surface area contributed by atoms with Gasteiger partial charge in [0.05, 0.1) is 23.0 Å². The van der Waals surface area contributed by atoms with Crippen LogP contribution in [-0.4, -0.2) is 48.3 Å². The summed E-state index contributed by atoms with van der Waals surface area (Å²) in [7, 11) is -4.24. The molecule has 4 rings (SSSR count). The zero-order valence-corrected chi connectivity index (χ0v) is 19.0. The van der Waals surface area contributed by atoms with Crippen LogP contribution in [0.15, 0.2) is 53.6 Å². The van der Waals surface area contributed by atoms with Gasteiger partial charge in [-0.1, -0.05) is 12.1 Å². The van der Waals surface area contributed by atoms with Gasteiger partial charge in [-0.3, -0.25) is 9.62 Å². The van der Waals surface area contributed by atoms with Crippen LogP contribution in [0.2, 0.25) is 0 Å². The number of benzene rings is 1. The molecule has 1 saturated heterocycles. The van der Waals surface area contributed by atoms with Gasteiger partial charge >= 0.3 is 6.18 Å². The molecule has 0 aliphatic carbocycles. The van der Waals surface area contributed by atoms with Gasteiger partial charge in [0.25, 0.3) is 10.0 Å². The number of hydrogen-bond acceptors (Lipinski definition) is 6. The highest BCUT2D eigenvalue weighted by atomic mass is 32.2. The normalized spacial score (nSPS) is 20.3. The van der Waals surface area contributed by atoms with Gasteiger partial charge in [-0.05, 0) is 55.8 Å². The first kappa shape index (κ1) is 24.2. The Morgan fingerprint density at radius 2 is 1.94 bits per heavy atom. The second-order valence-electron chi connectivity index (χ2n) is 8.56. The van der Waals surface area contributed by atoms with E-state index in [4.69, 9.17) is 0 Å². The number of nitrogens with zero attached hydrogens (tertiary/aromatic N) is 2. The number of dihydropyridines is 1. The van der Waals surface area contributed by atoms with Gasteiger partial charge in [-0.2, -0.15) is 21.6 Å². The van der Waals surface area contributed by atoms with Crippen molar-refractivity contribution in [1.29, 1.82) is 0 Å². The summed E-state index contributed by atoms with van der Waals surface area (Å²) in [6.07, 6.45) is -0.719. The quantitative estimate of drug-likeness (QED) is 0.548. The standard InChI is InChI=1S/C22H22F4N4O3S/c1-13-6-7-14(23)10-15(13)20-16(22(24,25)26)8-9-17(27-20)29-34(32,33)19-5-3-4-18(28-19)30-11-21(2,31)12-30/h3-10,18,28,31H,11-12H2,1-2H3,(H,27,29). The van der Waals surface area contributed by atoms with Crippen LogP contribution >= 0.6 is 0 Å². The second kappa shape index (κ2) is 8.36. The van der Waals surface area contributed by atoms with Crippen molar-refractivity contribution >= 4 is 15.8 Å². The molecule has 0 radical (unpaired) electrons. The van der Waals surface area contributed by atoms with Crippen molar-refractivity contribution in [2.45, 2.75) is 31.8 Å². The van der Waals surface area contributed by atoms with Crippen LogP contribution in [0.4, 0.5) is 23.4 Å². The summed E-state index contributed by atoms with van der Waals surface area (Å²) in [5.74, 6) is -1.10. The second-order valence-corrected chi connectivity index (χ2v) is 10.2. The minimum absolute atomic E-state index is 0.101. The van der Waals surface area contributed by atoms with Crippen LogP contribution in [0.1, 0.15) is 18.1 Å². The maximum absolute atomic E-state index is 13.8. The maximum Gasteiger partial charge on any atom is 0.418 e. The third-order valence-corrected chi connectivity index (χ3v) is 6.81. The first-order valence-electron chi connectivity index (χ1n) is 10.2. The third kappa shape index (κ3) is 4.93. The van der Waals surface area contributed by atoms with Gasteiger partial charge in [0.2, 0.25) is 0 Å². The van der Waals surface area contributed by atoms with Gasteiger partial charge in [0, 0.05) is 18.7 Å². The van der Waals surface area contributed by atoms with E-state index in [-0.39, 0.29) is 16.4 Å². The predicted octanol–water partition coefficient (Wildman–Crippen LogP) is 3.35. The Morgan fingerprint density at radius 3 is 2.59 bits per heavy atom. The first-order valence-corrected chi connectivity index (χ1v) is 11.7. The molecule has 0 amide bonds. The Labute approximate surface area is 193 Å². The number of nitrogens with one attached hydrogen (secondary N) is 2. The fourth-order valence-corrected chi connectivity index (χ4v) is 4.92. The molecule has 0 saturated carbocycles. The molecule has 1 fully saturated rings. The van der Waals surface area contributed by atoms with Crippen LogP contribution in [0.3, 0.4) is 0 Å². The molecule has 7 nitrogen and oxygen atoms in total. The highest BCUT2D eigenvalue weighted by molar-refractivity contribution is 7.96. The van der Waals surface area contributed by atoms with Crippen LogP contribution < -0.4 is 10.0 Å². The highest BCUT2D eigenvalue weighted by Crippen LogP contribution is 2.38. The molecule has 2 aliphatic rings. The molecule has 1 aromatic heterocycles. The summed E-state index contributed by atoms with van der Waals surface area (Å²) >= 11 is 0. The van der Waals surface area contributed by atoms with Crippen LogP contribution in [0.5, 0.6) is 0 Å². The van der Waals surface area contributed by atoms with E-state index < -0.39 is 45.0 Å². The zero-order valence-electron chi connectivity index (χ0n) is 18.2. The smallest absolute Gasteiger partial charge is 0.388 e. The molecule has 0 spiro atoms. The number of rotatable bonds is 5. The molecular weight excluding hydrogens is 476 g/mol. The molecule has 182 valence electrons. The van der Waals surface area contributed by atoms with Crippen LogP contribution in [0, 0.1) is 12.7 Å². The minimum Gasteiger partial charge on any atom is -0.388 e. The summed E-state index contributed by atoms with van der Waals surface area (Å²) < 4.78 is 82.7. The minimum atomic E-state index is -4.79. The number of pyridine rings is 1. The van der Waals surface area contributed by atoms with Crippen molar-refractivity contribution in [1.82, 2.24) is 15.2 Å². The Bertz CT molecular complexity index is 1280. The molecule has 2 aliphatic heterocycles. The molecule has 1 atom stereocenters. The Kier molecular flexibility index (Phi) is 5.95. The van der Waals surface area contributed by atoms with Gasteiger partial charge in [-0.25, -0.2) is 9.37 Å². The van der Waals surface area contributed by atoms with Crippen LogP contribution in [0.25, 0.3) is 11.3 Å². The number of alkyl halides is 3. The topological polar surface area (TPSA) is 94.6 Å². The fraction of sp³-hybridized carbons (Fsp3) is 0.318. The van der Waals surface area contributed by atoms with E-state index >= 15 is 0 Å². The molecule has 1 unspecified atom stereocenters. The lowest BCUT2D eigenvalue weighted by molar-refractivity contribution is -0.137. The average Bonchev–Trinajstić information content (AvgIpc) is 2.72. The molecule has 34 heavy (non-hydrogen) atoms. The van der Waals surface area contributed by atoms with E-state index in [1.807, 2.05) is 4.90 Å². The summed E-state index contributed by atoms with van der Waals surface area (Å²) in [6, 6.07) is 4.97. The van der Waals surface area contributed by atoms with Crippen LogP contribution in [-0.2, 0) is 16.2 Å². The van der Waals surface area contributed by atoms with E-state index in [1.54, 1.807) is 13.0 Å². The van der Waals surface area contributed by atoms with Gasteiger partial charge in [-0.15, -0.1) is 0 Å². The lowest BCUT2D eigenvalue weighted by Gasteiger charge is -2.48. The highest BCUT2D eigenvalue weighted by Gasteiger charge is 2.41. The molecule has 1 aromatic carbocycles. The summed E-state index contributed by atoms with van der Waals surface area (Å²) in [6.45, 7) is 3.85. The lowest BCUT2D eigenvalue weighted by Crippen LogP contribution is -2.65. The Balaban J connectivity index is 1.63. The molecule has 3 N–H and O–H groups in total. The van der Waals surface area contributed by atoms with Crippen molar-refractivity contribution in [3.8, 4) is 11.3 Å². The third-order valence-electron chi connectivity index (χ3n) is 5.50.